The molecule has 0 spiro atoms. The zero-order valence-electron chi connectivity index (χ0n) is 12.2. The molecule has 2 N–H and O–H groups in total. The highest BCUT2D eigenvalue weighted by atomic mass is 79.9. The highest BCUT2D eigenvalue weighted by molar-refractivity contribution is 9.10. The summed E-state index contributed by atoms with van der Waals surface area (Å²) in [7, 11) is 1.53. The van der Waals surface area contributed by atoms with E-state index in [1.54, 1.807) is 48.5 Å². The van der Waals surface area contributed by atoms with Gasteiger partial charge in [-0.2, -0.15) is 0 Å². The lowest BCUT2D eigenvalue weighted by molar-refractivity contribution is -0.131. The quantitative estimate of drug-likeness (QED) is 0.475. The first-order chi connectivity index (χ1) is 11.0. The Balaban J connectivity index is 2.05. The van der Waals surface area contributed by atoms with Crippen LogP contribution in [0.25, 0.3) is 5.76 Å². The monoisotopic (exact) mass is 375 g/mol. The summed E-state index contributed by atoms with van der Waals surface area (Å²) in [6.45, 7) is 0. The van der Waals surface area contributed by atoms with Crippen molar-refractivity contribution in [1.29, 1.82) is 0 Å². The minimum atomic E-state index is -0.846. The fourth-order valence-corrected chi connectivity index (χ4v) is 2.03. The van der Waals surface area contributed by atoms with E-state index in [0.717, 1.165) is 10.5 Å². The maximum atomic E-state index is 11.8. The zero-order valence-corrected chi connectivity index (χ0v) is 13.8. The van der Waals surface area contributed by atoms with Crippen LogP contribution >= 0.6 is 15.9 Å². The molecule has 118 valence electrons. The van der Waals surface area contributed by atoms with Crippen molar-refractivity contribution in [3.8, 4) is 5.75 Å². The molecule has 2 aromatic rings. The average Bonchev–Trinajstić information content (AvgIpc) is 2.56. The molecular formula is C17H14BrNO4. The Morgan fingerprint density at radius 1 is 1.09 bits per heavy atom. The molecule has 0 fully saturated rings. The van der Waals surface area contributed by atoms with Crippen molar-refractivity contribution in [2.24, 2.45) is 0 Å². The van der Waals surface area contributed by atoms with Crippen LogP contribution in [0.4, 0.5) is 5.69 Å². The van der Waals surface area contributed by atoms with Gasteiger partial charge in [0.25, 0.3) is 5.91 Å². The molecular weight excluding hydrogens is 362 g/mol. The highest BCUT2D eigenvalue weighted by Crippen LogP contribution is 2.17. The lowest BCUT2D eigenvalue weighted by atomic mass is 10.1. The molecule has 23 heavy (non-hydrogen) atoms. The predicted molar refractivity (Wildman–Crippen MR) is 91.4 cm³/mol. The van der Waals surface area contributed by atoms with Crippen LogP contribution in [0.3, 0.4) is 0 Å². The van der Waals surface area contributed by atoms with Crippen molar-refractivity contribution in [1.82, 2.24) is 0 Å². The second-order valence-electron chi connectivity index (χ2n) is 4.58. The van der Waals surface area contributed by atoms with Crippen molar-refractivity contribution >= 4 is 39.1 Å². The maximum absolute atomic E-state index is 11.8. The number of halogens is 1. The molecule has 2 aromatic carbocycles. The molecule has 5 nitrogen and oxygen atoms in total. The second-order valence-corrected chi connectivity index (χ2v) is 5.50. The van der Waals surface area contributed by atoms with Crippen molar-refractivity contribution in [3.63, 3.8) is 0 Å². The Hall–Kier alpha value is -2.60. The number of amides is 1. The summed E-state index contributed by atoms with van der Waals surface area (Å²) >= 11 is 3.27. The first kappa shape index (κ1) is 16.8. The Kier molecular flexibility index (Phi) is 5.54. The fourth-order valence-electron chi connectivity index (χ4n) is 1.76. The first-order valence-corrected chi connectivity index (χ1v) is 7.45. The topological polar surface area (TPSA) is 75.6 Å². The van der Waals surface area contributed by atoms with Gasteiger partial charge in [0.05, 0.1) is 7.11 Å². The normalized spacial score (nSPS) is 11.0. The second kappa shape index (κ2) is 7.60. The highest BCUT2D eigenvalue weighted by Gasteiger charge is 2.13. The molecule has 1 amide bonds. The van der Waals surface area contributed by atoms with E-state index in [9.17, 15) is 14.7 Å². The summed E-state index contributed by atoms with van der Waals surface area (Å²) in [5.74, 6) is -1.31. The molecule has 0 radical (unpaired) electrons. The Morgan fingerprint density at radius 2 is 1.70 bits per heavy atom. The number of hydrogen-bond donors (Lipinski definition) is 2. The summed E-state index contributed by atoms with van der Waals surface area (Å²) in [5, 5.41) is 12.3. The van der Waals surface area contributed by atoms with Gasteiger partial charge in [-0.25, -0.2) is 0 Å². The fraction of sp³-hybridized carbons (Fsp3) is 0.0588. The van der Waals surface area contributed by atoms with Gasteiger partial charge >= 0.3 is 0 Å². The summed E-state index contributed by atoms with van der Waals surface area (Å²) in [5.41, 5.74) is 0.902. The third-order valence-corrected chi connectivity index (χ3v) is 3.51. The number of benzene rings is 2. The number of aliphatic hydroxyl groups is 1. The number of hydrogen-bond acceptors (Lipinski definition) is 4. The Bertz CT molecular complexity index is 736. The van der Waals surface area contributed by atoms with Gasteiger partial charge in [-0.1, -0.05) is 28.1 Å². The van der Waals surface area contributed by atoms with Gasteiger partial charge in [-0.3, -0.25) is 9.59 Å². The van der Waals surface area contributed by atoms with Crippen molar-refractivity contribution < 1.29 is 19.4 Å². The van der Waals surface area contributed by atoms with Crippen molar-refractivity contribution in [2.45, 2.75) is 0 Å². The van der Waals surface area contributed by atoms with Crippen LogP contribution in [0.15, 0.2) is 59.1 Å². The molecule has 2 rings (SSSR count). The van der Waals surface area contributed by atoms with Gasteiger partial charge in [0.2, 0.25) is 5.78 Å². The van der Waals surface area contributed by atoms with E-state index in [4.69, 9.17) is 4.74 Å². The van der Waals surface area contributed by atoms with Crippen molar-refractivity contribution in [2.75, 3.05) is 12.4 Å². The molecule has 0 atom stereocenters. The zero-order chi connectivity index (χ0) is 16.8. The number of aliphatic hydroxyl groups excluding tert-OH is 1. The third-order valence-electron chi connectivity index (χ3n) is 2.98. The molecule has 0 aliphatic carbocycles. The number of rotatable bonds is 5. The molecule has 0 saturated heterocycles. The summed E-state index contributed by atoms with van der Waals surface area (Å²) in [6, 6.07) is 13.3. The van der Waals surface area contributed by atoms with Crippen LogP contribution in [0.5, 0.6) is 5.75 Å². The summed E-state index contributed by atoms with van der Waals surface area (Å²) < 4.78 is 5.85. The van der Waals surface area contributed by atoms with E-state index >= 15 is 0 Å². The van der Waals surface area contributed by atoms with Gasteiger partial charge in [0, 0.05) is 21.8 Å². The average molecular weight is 376 g/mol. The molecule has 0 aliphatic rings. The third kappa shape index (κ3) is 4.69. The molecule has 6 heteroatoms. The number of carbonyl (C=O) groups excluding carboxylic acids is 2. The van der Waals surface area contributed by atoms with Crippen molar-refractivity contribution in [3.05, 3.63) is 64.6 Å². The number of nitrogens with one attached hydrogen (secondary N) is 1. The van der Waals surface area contributed by atoms with Crippen LogP contribution in [0.2, 0.25) is 0 Å². The number of methoxy groups -OCH3 is 1. The van der Waals surface area contributed by atoms with Crippen LogP contribution in [0, 0.1) is 0 Å². The van der Waals surface area contributed by atoms with E-state index in [0.29, 0.717) is 17.0 Å². The van der Waals surface area contributed by atoms with Gasteiger partial charge in [-0.05, 0) is 36.4 Å². The largest absolute Gasteiger partial charge is 0.507 e. The number of ether oxygens (including phenoxy) is 1. The smallest absolute Gasteiger partial charge is 0.296 e. The van der Waals surface area contributed by atoms with Crippen LogP contribution in [-0.4, -0.2) is 23.9 Å². The number of anilines is 1. The molecule has 0 bridgehead atoms. The lowest BCUT2D eigenvalue weighted by Crippen LogP contribution is -2.21. The first-order valence-electron chi connectivity index (χ1n) is 6.65. The van der Waals surface area contributed by atoms with Crippen LogP contribution < -0.4 is 10.1 Å². The summed E-state index contributed by atoms with van der Waals surface area (Å²) in [4.78, 5) is 23.7. The minimum absolute atomic E-state index is 0.271. The van der Waals surface area contributed by atoms with Gasteiger partial charge in [0.15, 0.2) is 0 Å². The predicted octanol–water partition coefficient (Wildman–Crippen LogP) is 3.56. The van der Waals surface area contributed by atoms with E-state index < -0.39 is 11.7 Å². The lowest BCUT2D eigenvalue weighted by Gasteiger charge is -2.05. The van der Waals surface area contributed by atoms with E-state index in [2.05, 4.69) is 21.2 Å². The number of ketones is 1. The van der Waals surface area contributed by atoms with Crippen LogP contribution in [-0.2, 0) is 9.59 Å². The molecule has 0 saturated carbocycles. The number of carbonyl (C=O) groups is 2. The molecule has 0 heterocycles. The Labute approximate surface area is 141 Å². The standard InChI is InChI=1S/C17H14BrNO4/c1-23-14-8-6-13(7-9-14)19-17(22)16(21)10-15(20)11-2-4-12(18)5-3-11/h2-10,20H,1H3,(H,19,22). The molecule has 0 unspecified atom stereocenters. The van der Waals surface area contributed by atoms with E-state index in [-0.39, 0.29) is 5.76 Å². The van der Waals surface area contributed by atoms with E-state index in [1.165, 1.54) is 7.11 Å². The minimum Gasteiger partial charge on any atom is -0.507 e. The Morgan fingerprint density at radius 3 is 2.26 bits per heavy atom. The molecule has 0 aliphatic heterocycles. The summed E-state index contributed by atoms with van der Waals surface area (Å²) in [6.07, 6.45) is 0.891. The van der Waals surface area contributed by atoms with Gasteiger partial charge < -0.3 is 15.2 Å². The van der Waals surface area contributed by atoms with Gasteiger partial charge in [0.1, 0.15) is 11.5 Å². The van der Waals surface area contributed by atoms with Crippen LogP contribution in [0.1, 0.15) is 5.56 Å². The maximum Gasteiger partial charge on any atom is 0.296 e. The van der Waals surface area contributed by atoms with Gasteiger partial charge in [-0.15, -0.1) is 0 Å². The molecule has 0 aromatic heterocycles. The SMILES string of the molecule is COc1ccc(NC(=O)C(=O)C=C(O)c2ccc(Br)cc2)cc1. The van der Waals surface area contributed by atoms with E-state index in [1.807, 2.05) is 0 Å².